The van der Waals surface area contributed by atoms with Crippen LogP contribution in [0.25, 0.3) is 0 Å². The van der Waals surface area contributed by atoms with E-state index in [-0.39, 0.29) is 0 Å². The largest absolute Gasteiger partial charge is 0.380 e. The van der Waals surface area contributed by atoms with Crippen molar-refractivity contribution in [2.75, 3.05) is 19.8 Å². The van der Waals surface area contributed by atoms with Crippen LogP contribution in [0.3, 0.4) is 0 Å². The molecule has 1 aliphatic rings. The average molecular weight is 237 g/mol. The predicted molar refractivity (Wildman–Crippen MR) is 67.9 cm³/mol. The predicted octanol–water partition coefficient (Wildman–Crippen LogP) is 1.98. The van der Waals surface area contributed by atoms with Crippen LogP contribution in [0, 0.1) is 5.41 Å². The highest BCUT2D eigenvalue weighted by atomic mass is 16.5. The van der Waals surface area contributed by atoms with Crippen LogP contribution < -0.4 is 5.32 Å². The fourth-order valence-corrected chi connectivity index (χ4v) is 1.95. The van der Waals surface area contributed by atoms with Crippen molar-refractivity contribution < 1.29 is 4.74 Å². The Morgan fingerprint density at radius 1 is 1.59 bits per heavy atom. The Bertz CT molecular complexity index is 357. The monoisotopic (exact) mass is 237 g/mol. The Morgan fingerprint density at radius 2 is 2.35 bits per heavy atom. The van der Waals surface area contributed by atoms with E-state index in [0.717, 1.165) is 38.4 Å². The van der Waals surface area contributed by atoms with Gasteiger partial charge in [-0.1, -0.05) is 13.8 Å². The lowest BCUT2D eigenvalue weighted by Crippen LogP contribution is -2.47. The second-order valence-electron chi connectivity index (χ2n) is 5.45. The zero-order valence-electron chi connectivity index (χ0n) is 11.1. The van der Waals surface area contributed by atoms with Gasteiger partial charge in [0.1, 0.15) is 0 Å². The van der Waals surface area contributed by atoms with Crippen molar-refractivity contribution in [2.24, 2.45) is 5.41 Å². The number of rotatable bonds is 6. The lowest BCUT2D eigenvalue weighted by molar-refractivity contribution is -0.0991. The summed E-state index contributed by atoms with van der Waals surface area (Å²) in [6, 6.07) is 2.58. The molecular weight excluding hydrogens is 214 g/mol. The quantitative estimate of drug-likeness (QED) is 0.822. The molecule has 0 amide bonds. The molecule has 0 aliphatic carbocycles. The molecule has 2 rings (SSSR count). The maximum absolute atomic E-state index is 5.23. The SMILES string of the molecule is CCC(C)n1ccc(CNCC2(C)COC2)n1. The van der Waals surface area contributed by atoms with Crippen LogP contribution in [0.15, 0.2) is 12.3 Å². The summed E-state index contributed by atoms with van der Waals surface area (Å²) < 4.78 is 7.28. The molecule has 1 atom stereocenters. The van der Waals surface area contributed by atoms with Crippen molar-refractivity contribution in [3.63, 3.8) is 0 Å². The molecule has 1 aromatic rings. The van der Waals surface area contributed by atoms with Crippen LogP contribution in [0.1, 0.15) is 38.9 Å². The first kappa shape index (κ1) is 12.6. The molecule has 1 unspecified atom stereocenters. The van der Waals surface area contributed by atoms with Crippen molar-refractivity contribution in [2.45, 2.75) is 39.8 Å². The van der Waals surface area contributed by atoms with E-state index in [1.54, 1.807) is 0 Å². The Balaban J connectivity index is 1.77. The first-order valence-electron chi connectivity index (χ1n) is 6.45. The molecule has 0 aromatic carbocycles. The fraction of sp³-hybridized carbons (Fsp3) is 0.769. The van der Waals surface area contributed by atoms with Gasteiger partial charge in [-0.25, -0.2) is 0 Å². The minimum absolute atomic E-state index is 0.333. The molecule has 1 N–H and O–H groups in total. The summed E-state index contributed by atoms with van der Waals surface area (Å²) in [6.45, 7) is 10.2. The van der Waals surface area contributed by atoms with E-state index in [0.29, 0.717) is 11.5 Å². The van der Waals surface area contributed by atoms with E-state index in [4.69, 9.17) is 4.74 Å². The highest BCUT2D eigenvalue weighted by Crippen LogP contribution is 2.25. The summed E-state index contributed by atoms with van der Waals surface area (Å²) in [6.07, 6.45) is 3.18. The summed E-state index contributed by atoms with van der Waals surface area (Å²) in [7, 11) is 0. The Hall–Kier alpha value is -0.870. The highest BCUT2D eigenvalue weighted by Gasteiger charge is 2.32. The van der Waals surface area contributed by atoms with Crippen LogP contribution >= 0.6 is 0 Å². The molecule has 1 fully saturated rings. The number of nitrogens with zero attached hydrogens (tertiary/aromatic N) is 2. The van der Waals surface area contributed by atoms with Crippen LogP contribution in [0.5, 0.6) is 0 Å². The zero-order chi connectivity index (χ0) is 12.3. The third-order valence-corrected chi connectivity index (χ3v) is 3.46. The van der Waals surface area contributed by atoms with E-state index < -0.39 is 0 Å². The van der Waals surface area contributed by atoms with Gasteiger partial charge in [0.05, 0.1) is 18.9 Å². The summed E-state index contributed by atoms with van der Waals surface area (Å²) in [5.41, 5.74) is 1.45. The summed E-state index contributed by atoms with van der Waals surface area (Å²) in [5, 5.41) is 8.03. The smallest absolute Gasteiger partial charge is 0.0762 e. The third kappa shape index (κ3) is 3.07. The first-order valence-corrected chi connectivity index (χ1v) is 6.45. The van der Waals surface area contributed by atoms with Gasteiger partial charge in [-0.15, -0.1) is 0 Å². The minimum Gasteiger partial charge on any atom is -0.380 e. The average Bonchev–Trinajstić information content (AvgIpc) is 2.74. The van der Waals surface area contributed by atoms with Gasteiger partial charge in [0, 0.05) is 30.7 Å². The molecule has 96 valence electrons. The molecular formula is C13H23N3O. The molecule has 4 heteroatoms. The lowest BCUT2D eigenvalue weighted by Gasteiger charge is -2.38. The van der Waals surface area contributed by atoms with Crippen LogP contribution in [-0.4, -0.2) is 29.5 Å². The molecule has 0 radical (unpaired) electrons. The molecule has 1 aromatic heterocycles. The number of aromatic nitrogens is 2. The minimum atomic E-state index is 0.333. The van der Waals surface area contributed by atoms with Crippen molar-refractivity contribution in [3.8, 4) is 0 Å². The molecule has 4 nitrogen and oxygen atoms in total. The normalized spacial score (nSPS) is 19.9. The van der Waals surface area contributed by atoms with Crippen LogP contribution in [0.4, 0.5) is 0 Å². The maximum atomic E-state index is 5.23. The lowest BCUT2D eigenvalue weighted by atomic mass is 9.89. The van der Waals surface area contributed by atoms with Crippen molar-refractivity contribution in [3.05, 3.63) is 18.0 Å². The first-order chi connectivity index (χ1) is 8.13. The van der Waals surface area contributed by atoms with Crippen LogP contribution in [-0.2, 0) is 11.3 Å². The number of nitrogens with one attached hydrogen (secondary N) is 1. The van der Waals surface area contributed by atoms with Gasteiger partial charge in [-0.2, -0.15) is 5.10 Å². The Kier molecular flexibility index (Phi) is 3.84. The second kappa shape index (κ2) is 5.19. The van der Waals surface area contributed by atoms with Gasteiger partial charge in [-0.05, 0) is 19.4 Å². The third-order valence-electron chi connectivity index (χ3n) is 3.46. The van der Waals surface area contributed by atoms with E-state index >= 15 is 0 Å². The Morgan fingerprint density at radius 3 is 2.94 bits per heavy atom. The van der Waals surface area contributed by atoms with E-state index in [1.807, 2.05) is 4.68 Å². The number of ether oxygens (including phenoxy) is 1. The van der Waals surface area contributed by atoms with Crippen molar-refractivity contribution in [1.82, 2.24) is 15.1 Å². The van der Waals surface area contributed by atoms with E-state index in [2.05, 4.69) is 43.4 Å². The topological polar surface area (TPSA) is 39.1 Å². The molecule has 2 heterocycles. The molecule has 17 heavy (non-hydrogen) atoms. The fourth-order valence-electron chi connectivity index (χ4n) is 1.95. The van der Waals surface area contributed by atoms with Gasteiger partial charge in [0.2, 0.25) is 0 Å². The van der Waals surface area contributed by atoms with Gasteiger partial charge < -0.3 is 10.1 Å². The van der Waals surface area contributed by atoms with Crippen molar-refractivity contribution >= 4 is 0 Å². The van der Waals surface area contributed by atoms with Gasteiger partial charge in [-0.3, -0.25) is 4.68 Å². The van der Waals surface area contributed by atoms with Crippen molar-refractivity contribution in [1.29, 1.82) is 0 Å². The zero-order valence-corrected chi connectivity index (χ0v) is 11.1. The highest BCUT2D eigenvalue weighted by molar-refractivity contribution is 4.99. The number of hydrogen-bond acceptors (Lipinski definition) is 3. The summed E-state index contributed by atoms with van der Waals surface area (Å²) >= 11 is 0. The molecule has 0 saturated carbocycles. The van der Waals surface area contributed by atoms with E-state index in [1.165, 1.54) is 0 Å². The molecule has 0 spiro atoms. The van der Waals surface area contributed by atoms with Crippen LogP contribution in [0.2, 0.25) is 0 Å². The number of hydrogen-bond donors (Lipinski definition) is 1. The van der Waals surface area contributed by atoms with Gasteiger partial charge in [0.15, 0.2) is 0 Å². The second-order valence-corrected chi connectivity index (χ2v) is 5.45. The standard InChI is InChI=1S/C13H23N3O/c1-4-11(2)16-6-5-12(15-16)7-14-8-13(3)9-17-10-13/h5-6,11,14H,4,7-10H2,1-3H3. The molecule has 1 saturated heterocycles. The Labute approximate surface area is 103 Å². The molecule has 0 bridgehead atoms. The summed E-state index contributed by atoms with van der Waals surface area (Å²) in [5.74, 6) is 0. The van der Waals surface area contributed by atoms with Gasteiger partial charge in [0.25, 0.3) is 0 Å². The maximum Gasteiger partial charge on any atom is 0.0762 e. The van der Waals surface area contributed by atoms with E-state index in [9.17, 15) is 0 Å². The van der Waals surface area contributed by atoms with Gasteiger partial charge >= 0.3 is 0 Å². The molecule has 1 aliphatic heterocycles. The summed E-state index contributed by atoms with van der Waals surface area (Å²) in [4.78, 5) is 0.